The SMILES string of the molecule is CC=Cc1ccc(N(c2ccccc2)c2ccc(C)cc2)cc1.CC=Cc1ccc2cc(C)ccc2c1C#N.Cc1ccc(N(c2ccccc2)c2ccc(C)cc2)cc1. The molecule has 0 saturated heterocycles. The van der Waals surface area contributed by atoms with Gasteiger partial charge in [0.05, 0.1) is 5.56 Å². The number of hydrogen-bond donors (Lipinski definition) is 0. The Labute approximate surface area is 357 Å². The van der Waals surface area contributed by atoms with Crippen LogP contribution in [0.15, 0.2) is 200 Å². The fourth-order valence-corrected chi connectivity index (χ4v) is 6.97. The Balaban J connectivity index is 0.000000153. The molecule has 8 aromatic rings. The number of anilines is 6. The normalized spacial score (nSPS) is 10.7. The van der Waals surface area contributed by atoms with E-state index in [9.17, 15) is 5.26 Å². The van der Waals surface area contributed by atoms with E-state index < -0.39 is 0 Å². The summed E-state index contributed by atoms with van der Waals surface area (Å²) in [7, 11) is 0. The first-order chi connectivity index (χ1) is 29.3. The highest BCUT2D eigenvalue weighted by Gasteiger charge is 2.13. The molecule has 0 N–H and O–H groups in total. The van der Waals surface area contributed by atoms with Crippen LogP contribution in [-0.2, 0) is 0 Å². The zero-order valence-corrected chi connectivity index (χ0v) is 35.5. The van der Waals surface area contributed by atoms with Crippen molar-refractivity contribution in [3.63, 3.8) is 0 Å². The number of allylic oxidation sites excluding steroid dienone is 2. The summed E-state index contributed by atoms with van der Waals surface area (Å²) in [6, 6.07) is 68.0. The van der Waals surface area contributed by atoms with Crippen LogP contribution in [0.3, 0.4) is 0 Å². The highest BCUT2D eigenvalue weighted by Crippen LogP contribution is 2.36. The molecule has 0 spiro atoms. The van der Waals surface area contributed by atoms with Gasteiger partial charge >= 0.3 is 0 Å². The van der Waals surface area contributed by atoms with E-state index in [1.807, 2.05) is 56.3 Å². The maximum absolute atomic E-state index is 9.23. The lowest BCUT2D eigenvalue weighted by atomic mass is 9.98. The number of hydrogen-bond acceptors (Lipinski definition) is 3. The van der Waals surface area contributed by atoms with Crippen molar-refractivity contribution in [2.45, 2.75) is 41.5 Å². The molecule has 0 aliphatic carbocycles. The monoisotopic (exact) mass is 779 g/mol. The van der Waals surface area contributed by atoms with Crippen molar-refractivity contribution in [3.05, 3.63) is 239 Å². The standard InChI is InChI=1S/C22H21N.C20H19N.C15H13N/c1-3-7-19-12-16-22(17-13-19)23(20-8-5-4-6-9-20)21-14-10-18(2)11-15-21;1-16-8-12-19(13-9-16)21(18-6-4-3-5-7-18)20-14-10-17(2)11-15-20;1-3-4-12-6-7-13-9-11(2)5-8-14(13)15(12)10-16/h3-17H,1-2H3;3-15H,1-2H3;3-9H,1-2H3. The molecular weight excluding hydrogens is 727 g/mol. The predicted molar refractivity (Wildman–Crippen MR) is 259 cm³/mol. The van der Waals surface area contributed by atoms with E-state index in [0.717, 1.165) is 33.3 Å². The molecular formula is C57H53N3. The molecule has 8 aromatic carbocycles. The lowest BCUT2D eigenvalue weighted by molar-refractivity contribution is 1.27. The molecule has 0 atom stereocenters. The van der Waals surface area contributed by atoms with Gasteiger partial charge in [0.15, 0.2) is 0 Å². The molecule has 0 aromatic heterocycles. The Morgan fingerprint density at radius 3 is 1.18 bits per heavy atom. The van der Waals surface area contributed by atoms with Gasteiger partial charge in [0.25, 0.3) is 0 Å². The molecule has 0 radical (unpaired) electrons. The van der Waals surface area contributed by atoms with Crippen LogP contribution in [0.1, 0.15) is 52.8 Å². The Morgan fingerprint density at radius 1 is 0.400 bits per heavy atom. The van der Waals surface area contributed by atoms with Crippen molar-refractivity contribution in [1.82, 2.24) is 0 Å². The second kappa shape index (κ2) is 20.8. The zero-order valence-electron chi connectivity index (χ0n) is 35.5. The first-order valence-corrected chi connectivity index (χ1v) is 20.5. The van der Waals surface area contributed by atoms with Crippen molar-refractivity contribution in [2.75, 3.05) is 9.80 Å². The summed E-state index contributed by atoms with van der Waals surface area (Å²) in [5.41, 5.74) is 15.0. The van der Waals surface area contributed by atoms with Crippen LogP contribution < -0.4 is 9.80 Å². The van der Waals surface area contributed by atoms with Crippen molar-refractivity contribution in [3.8, 4) is 6.07 Å². The summed E-state index contributed by atoms with van der Waals surface area (Å²) >= 11 is 0. The molecule has 0 unspecified atom stereocenters. The van der Waals surface area contributed by atoms with E-state index in [-0.39, 0.29) is 0 Å². The molecule has 3 nitrogen and oxygen atoms in total. The van der Waals surface area contributed by atoms with Crippen molar-refractivity contribution in [1.29, 1.82) is 5.26 Å². The van der Waals surface area contributed by atoms with E-state index in [1.165, 1.54) is 50.6 Å². The number of para-hydroxylation sites is 2. The third-order valence-electron chi connectivity index (χ3n) is 10.1. The molecule has 0 fully saturated rings. The van der Waals surface area contributed by atoms with Crippen LogP contribution in [0.2, 0.25) is 0 Å². The Kier molecular flexibility index (Phi) is 14.7. The van der Waals surface area contributed by atoms with Crippen molar-refractivity contribution >= 4 is 57.0 Å². The summed E-state index contributed by atoms with van der Waals surface area (Å²) in [5, 5.41) is 11.4. The van der Waals surface area contributed by atoms with Crippen LogP contribution in [-0.4, -0.2) is 0 Å². The fraction of sp³-hybridized carbons (Fsp3) is 0.105. The molecule has 296 valence electrons. The average molecular weight is 780 g/mol. The quantitative estimate of drug-likeness (QED) is 0.154. The van der Waals surface area contributed by atoms with E-state index in [0.29, 0.717) is 0 Å². The Morgan fingerprint density at radius 2 is 0.783 bits per heavy atom. The molecule has 0 heterocycles. The summed E-state index contributed by atoms with van der Waals surface area (Å²) in [6.45, 7) is 12.4. The summed E-state index contributed by atoms with van der Waals surface area (Å²) in [5.74, 6) is 0. The van der Waals surface area contributed by atoms with E-state index in [2.05, 4.69) is 213 Å². The van der Waals surface area contributed by atoms with Crippen LogP contribution in [0.5, 0.6) is 0 Å². The van der Waals surface area contributed by atoms with Gasteiger partial charge in [-0.25, -0.2) is 0 Å². The number of nitrogens with zero attached hydrogens (tertiary/aromatic N) is 3. The molecule has 0 amide bonds. The average Bonchev–Trinajstić information content (AvgIpc) is 3.28. The minimum Gasteiger partial charge on any atom is -0.311 e. The van der Waals surface area contributed by atoms with Crippen LogP contribution in [0.25, 0.3) is 22.9 Å². The largest absolute Gasteiger partial charge is 0.311 e. The zero-order chi connectivity index (χ0) is 42.3. The maximum Gasteiger partial charge on any atom is 0.100 e. The highest BCUT2D eigenvalue weighted by molar-refractivity contribution is 5.91. The van der Waals surface area contributed by atoms with Crippen LogP contribution in [0.4, 0.5) is 34.1 Å². The highest BCUT2D eigenvalue weighted by atomic mass is 15.1. The molecule has 60 heavy (non-hydrogen) atoms. The summed E-state index contributed by atoms with van der Waals surface area (Å²) in [6.07, 6.45) is 8.10. The molecule has 8 rings (SSSR count). The minimum absolute atomic E-state index is 0.760. The molecule has 0 aliphatic heterocycles. The van der Waals surface area contributed by atoms with Gasteiger partial charge in [-0.15, -0.1) is 0 Å². The summed E-state index contributed by atoms with van der Waals surface area (Å²) in [4.78, 5) is 4.55. The van der Waals surface area contributed by atoms with Crippen LogP contribution >= 0.6 is 0 Å². The van der Waals surface area contributed by atoms with E-state index in [4.69, 9.17) is 0 Å². The van der Waals surface area contributed by atoms with E-state index >= 15 is 0 Å². The van der Waals surface area contributed by atoms with Crippen molar-refractivity contribution < 1.29 is 0 Å². The fourth-order valence-electron chi connectivity index (χ4n) is 6.97. The van der Waals surface area contributed by atoms with Gasteiger partial charge in [0.1, 0.15) is 6.07 Å². The summed E-state index contributed by atoms with van der Waals surface area (Å²) < 4.78 is 0. The first-order valence-electron chi connectivity index (χ1n) is 20.5. The molecule has 0 saturated carbocycles. The van der Waals surface area contributed by atoms with Crippen molar-refractivity contribution in [2.24, 2.45) is 0 Å². The van der Waals surface area contributed by atoms with Crippen LogP contribution in [0, 0.1) is 39.0 Å². The lowest BCUT2D eigenvalue weighted by Crippen LogP contribution is -2.09. The van der Waals surface area contributed by atoms with Gasteiger partial charge in [-0.05, 0) is 131 Å². The second-order valence-corrected chi connectivity index (χ2v) is 14.8. The van der Waals surface area contributed by atoms with Gasteiger partial charge in [-0.1, -0.05) is 162 Å². The van der Waals surface area contributed by atoms with Gasteiger partial charge in [-0.3, -0.25) is 0 Å². The first kappa shape index (κ1) is 42.2. The molecule has 3 heteroatoms. The Bertz CT molecular complexity index is 2620. The van der Waals surface area contributed by atoms with Gasteiger partial charge in [0.2, 0.25) is 0 Å². The number of benzene rings is 8. The number of rotatable bonds is 8. The maximum atomic E-state index is 9.23. The molecule has 0 bridgehead atoms. The lowest BCUT2D eigenvalue weighted by Gasteiger charge is -2.25. The third kappa shape index (κ3) is 11.0. The number of aryl methyl sites for hydroxylation is 4. The second-order valence-electron chi connectivity index (χ2n) is 14.8. The minimum atomic E-state index is 0.760. The van der Waals surface area contributed by atoms with Gasteiger partial charge in [0, 0.05) is 39.5 Å². The smallest absolute Gasteiger partial charge is 0.100 e. The van der Waals surface area contributed by atoms with E-state index in [1.54, 1.807) is 0 Å². The number of fused-ring (bicyclic) bond motifs is 1. The van der Waals surface area contributed by atoms with Gasteiger partial charge < -0.3 is 9.80 Å². The predicted octanol–water partition coefficient (Wildman–Crippen LogP) is 16.3. The third-order valence-corrected chi connectivity index (χ3v) is 10.1. The molecule has 0 aliphatic rings. The Hall–Kier alpha value is -7.41. The number of nitriles is 1. The topological polar surface area (TPSA) is 30.3 Å². The van der Waals surface area contributed by atoms with Gasteiger partial charge in [-0.2, -0.15) is 5.26 Å².